The molecule has 1 aliphatic rings. The minimum Gasteiger partial charge on any atom is -0.479 e. The Morgan fingerprint density at radius 2 is 2.08 bits per heavy atom. The Bertz CT molecular complexity index is 305. The molecule has 2 heteroatoms. The lowest BCUT2D eigenvalue weighted by molar-refractivity contribution is 0.334. The van der Waals surface area contributed by atoms with Crippen LogP contribution in [0.2, 0.25) is 0 Å². The summed E-state index contributed by atoms with van der Waals surface area (Å²) in [6, 6.07) is 10.3. The molecule has 0 fully saturated rings. The third kappa shape index (κ3) is 1.72. The summed E-state index contributed by atoms with van der Waals surface area (Å²) in [7, 11) is 0. The second kappa shape index (κ2) is 3.60. The van der Waals surface area contributed by atoms with Crippen LogP contribution >= 0.6 is 0 Å². The molecule has 2 nitrogen and oxygen atoms in total. The van der Waals surface area contributed by atoms with Crippen molar-refractivity contribution in [3.63, 3.8) is 0 Å². The second-order valence-electron chi connectivity index (χ2n) is 3.20. The molecule has 1 heterocycles. The molecule has 0 saturated heterocycles. The van der Waals surface area contributed by atoms with Gasteiger partial charge in [-0.2, -0.15) is 0 Å². The average Bonchev–Trinajstić information content (AvgIpc) is 2.71. The summed E-state index contributed by atoms with van der Waals surface area (Å²) >= 11 is 0. The Balaban J connectivity index is 2.17. The summed E-state index contributed by atoms with van der Waals surface area (Å²) in [6.07, 6.45) is 0. The number of aliphatic imine (C=N–C) groups is 1. The van der Waals surface area contributed by atoms with E-state index >= 15 is 0 Å². The highest BCUT2D eigenvalue weighted by atomic mass is 16.5. The topological polar surface area (TPSA) is 21.6 Å². The highest BCUT2D eigenvalue weighted by Crippen LogP contribution is 2.18. The molecule has 0 saturated carbocycles. The van der Waals surface area contributed by atoms with E-state index in [1.165, 1.54) is 5.56 Å². The SMILES string of the molecule is C[C@H](C1=NCCO1)c1ccccc1. The molecule has 1 aromatic rings. The minimum absolute atomic E-state index is 0.295. The van der Waals surface area contributed by atoms with Gasteiger partial charge in [0.05, 0.1) is 12.5 Å². The summed E-state index contributed by atoms with van der Waals surface area (Å²) in [5.74, 6) is 1.18. The molecular weight excluding hydrogens is 162 g/mol. The quantitative estimate of drug-likeness (QED) is 0.675. The van der Waals surface area contributed by atoms with Crippen molar-refractivity contribution in [2.75, 3.05) is 13.2 Å². The van der Waals surface area contributed by atoms with Gasteiger partial charge in [0.15, 0.2) is 5.90 Å². The fourth-order valence-electron chi connectivity index (χ4n) is 1.50. The number of rotatable bonds is 2. The van der Waals surface area contributed by atoms with Gasteiger partial charge in [-0.3, -0.25) is 4.99 Å². The number of hydrogen-bond acceptors (Lipinski definition) is 2. The first-order chi connectivity index (χ1) is 6.38. The fraction of sp³-hybridized carbons (Fsp3) is 0.364. The Morgan fingerprint density at radius 1 is 1.31 bits per heavy atom. The van der Waals surface area contributed by atoms with Crippen molar-refractivity contribution in [2.45, 2.75) is 12.8 Å². The van der Waals surface area contributed by atoms with Gasteiger partial charge in [0.2, 0.25) is 0 Å². The largest absolute Gasteiger partial charge is 0.479 e. The third-order valence-corrected chi connectivity index (χ3v) is 2.28. The maximum atomic E-state index is 5.42. The van der Waals surface area contributed by atoms with Crippen LogP contribution in [0.15, 0.2) is 35.3 Å². The van der Waals surface area contributed by atoms with Gasteiger partial charge in [-0.05, 0) is 12.5 Å². The first-order valence-electron chi connectivity index (χ1n) is 4.60. The molecule has 13 heavy (non-hydrogen) atoms. The van der Waals surface area contributed by atoms with Gasteiger partial charge in [-0.25, -0.2) is 0 Å². The Morgan fingerprint density at radius 3 is 2.69 bits per heavy atom. The van der Waals surface area contributed by atoms with Crippen molar-refractivity contribution in [3.05, 3.63) is 35.9 Å². The molecular formula is C11H13NO. The van der Waals surface area contributed by atoms with E-state index in [0.29, 0.717) is 5.92 Å². The molecule has 1 atom stereocenters. The van der Waals surface area contributed by atoms with Crippen LogP contribution in [0.3, 0.4) is 0 Å². The predicted molar refractivity (Wildman–Crippen MR) is 53.1 cm³/mol. The molecule has 2 rings (SSSR count). The molecule has 0 bridgehead atoms. The third-order valence-electron chi connectivity index (χ3n) is 2.28. The lowest BCUT2D eigenvalue weighted by Crippen LogP contribution is -2.09. The van der Waals surface area contributed by atoms with Gasteiger partial charge in [-0.15, -0.1) is 0 Å². The highest BCUT2D eigenvalue weighted by Gasteiger charge is 2.16. The summed E-state index contributed by atoms with van der Waals surface area (Å²) < 4.78 is 5.42. The number of hydrogen-bond donors (Lipinski definition) is 0. The van der Waals surface area contributed by atoms with Crippen LogP contribution in [0.4, 0.5) is 0 Å². The molecule has 0 radical (unpaired) electrons. The molecule has 68 valence electrons. The molecule has 0 spiro atoms. The van der Waals surface area contributed by atoms with Crippen LogP contribution in [0, 0.1) is 0 Å². The number of benzene rings is 1. The van der Waals surface area contributed by atoms with Crippen molar-refractivity contribution in [1.29, 1.82) is 0 Å². The van der Waals surface area contributed by atoms with Crippen LogP contribution in [-0.2, 0) is 4.74 Å². The van der Waals surface area contributed by atoms with Crippen molar-refractivity contribution >= 4 is 5.90 Å². The van der Waals surface area contributed by atoms with E-state index in [9.17, 15) is 0 Å². The average molecular weight is 175 g/mol. The lowest BCUT2D eigenvalue weighted by atomic mass is 10.0. The van der Waals surface area contributed by atoms with Gasteiger partial charge in [-0.1, -0.05) is 30.3 Å². The van der Waals surface area contributed by atoms with E-state index < -0.39 is 0 Å². The standard InChI is InChI=1S/C11H13NO/c1-9(11-12-7-8-13-11)10-5-3-2-4-6-10/h2-6,9H,7-8H2,1H3/t9-/m0/s1. The van der Waals surface area contributed by atoms with Gasteiger partial charge >= 0.3 is 0 Å². The van der Waals surface area contributed by atoms with Gasteiger partial charge < -0.3 is 4.74 Å². The van der Waals surface area contributed by atoms with Crippen molar-refractivity contribution in [3.8, 4) is 0 Å². The van der Waals surface area contributed by atoms with E-state index in [-0.39, 0.29) is 0 Å². The van der Waals surface area contributed by atoms with E-state index in [0.717, 1.165) is 19.0 Å². The van der Waals surface area contributed by atoms with Crippen LogP contribution in [0.25, 0.3) is 0 Å². The molecule has 0 N–H and O–H groups in total. The van der Waals surface area contributed by atoms with Crippen LogP contribution < -0.4 is 0 Å². The normalized spacial score (nSPS) is 17.8. The van der Waals surface area contributed by atoms with Crippen molar-refractivity contribution < 1.29 is 4.74 Å². The van der Waals surface area contributed by atoms with Crippen LogP contribution in [0.5, 0.6) is 0 Å². The zero-order valence-corrected chi connectivity index (χ0v) is 7.73. The van der Waals surface area contributed by atoms with Crippen molar-refractivity contribution in [2.24, 2.45) is 4.99 Å². The summed E-state index contributed by atoms with van der Waals surface area (Å²) in [6.45, 7) is 3.68. The Hall–Kier alpha value is -1.31. The summed E-state index contributed by atoms with van der Waals surface area (Å²) in [5, 5.41) is 0. The van der Waals surface area contributed by atoms with Gasteiger partial charge in [0, 0.05) is 0 Å². The molecule has 1 aliphatic heterocycles. The number of ether oxygens (including phenoxy) is 1. The first kappa shape index (κ1) is 8.30. The Labute approximate surface area is 78.3 Å². The molecule has 0 unspecified atom stereocenters. The van der Waals surface area contributed by atoms with E-state index in [2.05, 4.69) is 24.0 Å². The first-order valence-corrected chi connectivity index (χ1v) is 4.60. The van der Waals surface area contributed by atoms with Crippen LogP contribution in [0.1, 0.15) is 18.4 Å². The van der Waals surface area contributed by atoms with Crippen molar-refractivity contribution in [1.82, 2.24) is 0 Å². The second-order valence-corrected chi connectivity index (χ2v) is 3.20. The van der Waals surface area contributed by atoms with E-state index in [4.69, 9.17) is 4.74 Å². The van der Waals surface area contributed by atoms with E-state index in [1.54, 1.807) is 0 Å². The molecule has 0 aliphatic carbocycles. The smallest absolute Gasteiger partial charge is 0.190 e. The highest BCUT2D eigenvalue weighted by molar-refractivity contribution is 5.84. The zero-order chi connectivity index (χ0) is 9.10. The zero-order valence-electron chi connectivity index (χ0n) is 7.73. The minimum atomic E-state index is 0.295. The summed E-state index contributed by atoms with van der Waals surface area (Å²) in [4.78, 5) is 4.31. The van der Waals surface area contributed by atoms with Gasteiger partial charge in [0.1, 0.15) is 6.61 Å². The lowest BCUT2D eigenvalue weighted by Gasteiger charge is -2.10. The molecule has 0 aromatic heterocycles. The molecule has 0 amide bonds. The maximum Gasteiger partial charge on any atom is 0.190 e. The monoisotopic (exact) mass is 175 g/mol. The van der Waals surface area contributed by atoms with E-state index in [1.807, 2.05) is 18.2 Å². The summed E-state index contributed by atoms with van der Waals surface area (Å²) in [5.41, 5.74) is 1.27. The molecule has 1 aromatic carbocycles. The number of nitrogens with zero attached hydrogens (tertiary/aromatic N) is 1. The van der Waals surface area contributed by atoms with Gasteiger partial charge in [0.25, 0.3) is 0 Å². The maximum absolute atomic E-state index is 5.42. The Kier molecular flexibility index (Phi) is 2.30. The predicted octanol–water partition coefficient (Wildman–Crippen LogP) is 2.22. The van der Waals surface area contributed by atoms with Crippen LogP contribution in [-0.4, -0.2) is 19.0 Å². The fourth-order valence-corrected chi connectivity index (χ4v) is 1.50.